The van der Waals surface area contributed by atoms with Gasteiger partial charge in [0.05, 0.1) is 0 Å². The first kappa shape index (κ1) is 13.7. The van der Waals surface area contributed by atoms with Crippen molar-refractivity contribution in [3.63, 3.8) is 0 Å². The normalized spacial score (nSPS) is 10.1. The molecule has 0 atom stereocenters. The Labute approximate surface area is 114 Å². The SMILES string of the molecule is CC(=O)NCCNc1nc(NN)nc(-n2ccnc2)n1. The number of nitrogen functional groups attached to an aromatic ring is 1. The third-order valence-electron chi connectivity index (χ3n) is 2.27. The van der Waals surface area contributed by atoms with Gasteiger partial charge in [-0.1, -0.05) is 0 Å². The number of hydrogen-bond acceptors (Lipinski definition) is 8. The molecule has 10 heteroatoms. The summed E-state index contributed by atoms with van der Waals surface area (Å²) >= 11 is 0. The molecule has 0 aliphatic heterocycles. The average Bonchev–Trinajstić information content (AvgIpc) is 2.97. The number of rotatable bonds is 6. The molecule has 0 bridgehead atoms. The molecule has 0 aliphatic rings. The summed E-state index contributed by atoms with van der Waals surface area (Å²) in [4.78, 5) is 27.1. The van der Waals surface area contributed by atoms with Gasteiger partial charge in [0, 0.05) is 32.4 Å². The van der Waals surface area contributed by atoms with Gasteiger partial charge in [-0.05, 0) is 0 Å². The maximum absolute atomic E-state index is 10.7. The molecular weight excluding hydrogens is 262 g/mol. The lowest BCUT2D eigenvalue weighted by atomic mass is 10.6. The standard InChI is InChI=1S/C10H15N9O/c1-7(20)13-2-3-14-8-15-9(18-11)17-10(16-8)19-5-4-12-6-19/h4-6H,2-3,11H2,1H3,(H,13,20)(H2,14,15,16,17,18). The molecule has 20 heavy (non-hydrogen) atoms. The Hall–Kier alpha value is -2.75. The zero-order valence-corrected chi connectivity index (χ0v) is 10.9. The largest absolute Gasteiger partial charge is 0.355 e. The summed E-state index contributed by atoms with van der Waals surface area (Å²) in [6.07, 6.45) is 4.89. The Morgan fingerprint density at radius 2 is 2.10 bits per heavy atom. The van der Waals surface area contributed by atoms with E-state index in [1.165, 1.54) is 6.92 Å². The van der Waals surface area contributed by atoms with Gasteiger partial charge >= 0.3 is 0 Å². The number of nitrogens with two attached hydrogens (primary N) is 1. The van der Waals surface area contributed by atoms with Crippen LogP contribution in [0.15, 0.2) is 18.7 Å². The van der Waals surface area contributed by atoms with Gasteiger partial charge in [0.1, 0.15) is 6.33 Å². The Kier molecular flexibility index (Phi) is 4.39. The summed E-state index contributed by atoms with van der Waals surface area (Å²) in [7, 11) is 0. The lowest BCUT2D eigenvalue weighted by Gasteiger charge is -2.08. The number of hydrogen-bond donors (Lipinski definition) is 4. The van der Waals surface area contributed by atoms with Gasteiger partial charge in [0.25, 0.3) is 0 Å². The Morgan fingerprint density at radius 3 is 2.75 bits per heavy atom. The van der Waals surface area contributed by atoms with Crippen molar-refractivity contribution in [2.24, 2.45) is 5.84 Å². The Morgan fingerprint density at radius 1 is 1.30 bits per heavy atom. The van der Waals surface area contributed by atoms with Crippen LogP contribution < -0.4 is 21.9 Å². The van der Waals surface area contributed by atoms with Crippen LogP contribution in [0.4, 0.5) is 11.9 Å². The van der Waals surface area contributed by atoms with Crippen LogP contribution in [0.1, 0.15) is 6.92 Å². The van der Waals surface area contributed by atoms with Crippen molar-refractivity contribution in [3.05, 3.63) is 18.7 Å². The molecule has 10 nitrogen and oxygen atoms in total. The minimum absolute atomic E-state index is 0.0918. The third kappa shape index (κ3) is 3.62. The summed E-state index contributed by atoms with van der Waals surface area (Å²) in [5.41, 5.74) is 2.37. The molecule has 0 aromatic carbocycles. The third-order valence-corrected chi connectivity index (χ3v) is 2.27. The molecule has 0 aliphatic carbocycles. The molecular formula is C10H15N9O. The van der Waals surface area contributed by atoms with Crippen LogP contribution in [0, 0.1) is 0 Å². The number of aromatic nitrogens is 5. The van der Waals surface area contributed by atoms with Crippen molar-refractivity contribution in [1.82, 2.24) is 29.8 Å². The monoisotopic (exact) mass is 277 g/mol. The fourth-order valence-corrected chi connectivity index (χ4v) is 1.41. The van der Waals surface area contributed by atoms with Gasteiger partial charge in [-0.15, -0.1) is 0 Å². The number of nitrogens with zero attached hydrogens (tertiary/aromatic N) is 5. The molecule has 0 saturated heterocycles. The van der Waals surface area contributed by atoms with Crippen LogP contribution in [-0.2, 0) is 4.79 Å². The van der Waals surface area contributed by atoms with E-state index in [1.54, 1.807) is 23.3 Å². The van der Waals surface area contributed by atoms with E-state index in [0.29, 0.717) is 25.0 Å². The van der Waals surface area contributed by atoms with Crippen molar-refractivity contribution >= 4 is 17.8 Å². The second kappa shape index (κ2) is 6.43. The van der Waals surface area contributed by atoms with Crippen LogP contribution >= 0.6 is 0 Å². The molecule has 5 N–H and O–H groups in total. The summed E-state index contributed by atoms with van der Waals surface area (Å²) < 4.78 is 1.63. The van der Waals surface area contributed by atoms with E-state index < -0.39 is 0 Å². The molecule has 0 spiro atoms. The molecule has 2 heterocycles. The number of imidazole rings is 1. The van der Waals surface area contributed by atoms with E-state index >= 15 is 0 Å². The highest BCUT2D eigenvalue weighted by atomic mass is 16.1. The smallest absolute Gasteiger partial charge is 0.243 e. The molecule has 0 unspecified atom stereocenters. The van der Waals surface area contributed by atoms with Crippen molar-refractivity contribution in [2.45, 2.75) is 6.92 Å². The van der Waals surface area contributed by atoms with E-state index in [0.717, 1.165) is 0 Å². The van der Waals surface area contributed by atoms with Crippen molar-refractivity contribution in [2.75, 3.05) is 23.8 Å². The van der Waals surface area contributed by atoms with Crippen LogP contribution in [0.5, 0.6) is 0 Å². The minimum atomic E-state index is -0.0918. The Bertz CT molecular complexity index is 568. The van der Waals surface area contributed by atoms with Gasteiger partial charge in [-0.2, -0.15) is 15.0 Å². The van der Waals surface area contributed by atoms with Crippen LogP contribution in [0.3, 0.4) is 0 Å². The molecule has 106 valence electrons. The first-order valence-electron chi connectivity index (χ1n) is 5.88. The fourth-order valence-electron chi connectivity index (χ4n) is 1.41. The van der Waals surface area contributed by atoms with Crippen LogP contribution in [-0.4, -0.2) is 43.5 Å². The number of carbonyl (C=O) groups is 1. The topological polar surface area (TPSA) is 136 Å². The second-order valence-corrected chi connectivity index (χ2v) is 3.81. The van der Waals surface area contributed by atoms with E-state index in [2.05, 4.69) is 36.0 Å². The molecule has 1 amide bonds. The lowest BCUT2D eigenvalue weighted by Crippen LogP contribution is -2.27. The molecule has 2 aromatic rings. The van der Waals surface area contributed by atoms with E-state index in [4.69, 9.17) is 5.84 Å². The summed E-state index contributed by atoms with van der Waals surface area (Å²) in [6, 6.07) is 0. The van der Waals surface area contributed by atoms with Crippen molar-refractivity contribution in [1.29, 1.82) is 0 Å². The maximum Gasteiger partial charge on any atom is 0.243 e. The molecule has 0 saturated carbocycles. The summed E-state index contributed by atoms with van der Waals surface area (Å²) in [5.74, 6) is 6.19. The predicted octanol–water partition coefficient (Wildman–Crippen LogP) is -1.11. The Balaban J connectivity index is 2.08. The average molecular weight is 277 g/mol. The fraction of sp³-hybridized carbons (Fsp3) is 0.300. The lowest BCUT2D eigenvalue weighted by molar-refractivity contribution is -0.118. The van der Waals surface area contributed by atoms with Crippen molar-refractivity contribution in [3.8, 4) is 5.95 Å². The van der Waals surface area contributed by atoms with Crippen LogP contribution in [0.25, 0.3) is 5.95 Å². The van der Waals surface area contributed by atoms with E-state index in [9.17, 15) is 4.79 Å². The molecule has 0 fully saturated rings. The highest BCUT2D eigenvalue weighted by Gasteiger charge is 2.06. The summed E-state index contributed by atoms with van der Waals surface area (Å²) in [6.45, 7) is 2.40. The van der Waals surface area contributed by atoms with E-state index in [1.807, 2.05) is 0 Å². The zero-order valence-electron chi connectivity index (χ0n) is 10.9. The maximum atomic E-state index is 10.7. The molecule has 2 aromatic heterocycles. The number of anilines is 2. The number of amides is 1. The first-order valence-corrected chi connectivity index (χ1v) is 5.88. The van der Waals surface area contributed by atoms with E-state index in [-0.39, 0.29) is 11.9 Å². The number of nitrogens with one attached hydrogen (secondary N) is 3. The molecule has 0 radical (unpaired) electrons. The van der Waals surface area contributed by atoms with Crippen LogP contribution in [0.2, 0.25) is 0 Å². The highest BCUT2D eigenvalue weighted by molar-refractivity contribution is 5.72. The second-order valence-electron chi connectivity index (χ2n) is 3.81. The number of hydrazine groups is 1. The highest BCUT2D eigenvalue weighted by Crippen LogP contribution is 2.07. The van der Waals surface area contributed by atoms with Gasteiger partial charge < -0.3 is 10.6 Å². The van der Waals surface area contributed by atoms with Gasteiger partial charge in [-0.25, -0.2) is 10.8 Å². The number of carbonyl (C=O) groups excluding carboxylic acids is 1. The summed E-state index contributed by atoms with van der Waals surface area (Å²) in [5, 5.41) is 5.63. The van der Waals surface area contributed by atoms with Gasteiger partial charge in [0.15, 0.2) is 0 Å². The van der Waals surface area contributed by atoms with Gasteiger partial charge in [0.2, 0.25) is 23.8 Å². The minimum Gasteiger partial charge on any atom is -0.355 e. The quantitative estimate of drug-likeness (QED) is 0.296. The first-order chi connectivity index (χ1) is 9.69. The van der Waals surface area contributed by atoms with Gasteiger partial charge in [-0.3, -0.25) is 14.8 Å². The predicted molar refractivity (Wildman–Crippen MR) is 71.9 cm³/mol. The zero-order chi connectivity index (χ0) is 14.4. The van der Waals surface area contributed by atoms with Crippen molar-refractivity contribution < 1.29 is 4.79 Å². The molecule has 2 rings (SSSR count).